The van der Waals surface area contributed by atoms with Crippen LogP contribution in [0.25, 0.3) is 23.0 Å². The SMILES string of the molecule is CN(C)CCNS(=O)(=O)c1c[nH]c(-c2nnc(-c3ccc(F)cc3)o2)c1. The molecule has 2 aromatic heterocycles. The lowest BCUT2D eigenvalue weighted by molar-refractivity contribution is 0.412. The third-order valence-electron chi connectivity index (χ3n) is 3.56. The van der Waals surface area contributed by atoms with Crippen LogP contribution in [0.2, 0.25) is 0 Å². The van der Waals surface area contributed by atoms with Gasteiger partial charge in [0.05, 0.1) is 0 Å². The number of rotatable bonds is 7. The summed E-state index contributed by atoms with van der Waals surface area (Å²) in [5.74, 6) is -0.0170. The van der Waals surface area contributed by atoms with Gasteiger partial charge in [0, 0.05) is 24.8 Å². The van der Waals surface area contributed by atoms with Crippen LogP contribution in [0.1, 0.15) is 0 Å². The fourth-order valence-electron chi connectivity index (χ4n) is 2.18. The van der Waals surface area contributed by atoms with Crippen LogP contribution in [0.5, 0.6) is 0 Å². The third kappa shape index (κ3) is 4.15. The summed E-state index contributed by atoms with van der Waals surface area (Å²) in [6.07, 6.45) is 1.36. The number of hydrogen-bond acceptors (Lipinski definition) is 6. The molecule has 0 atom stereocenters. The Balaban J connectivity index is 1.77. The molecule has 26 heavy (non-hydrogen) atoms. The largest absolute Gasteiger partial charge is 0.415 e. The van der Waals surface area contributed by atoms with Gasteiger partial charge in [0.15, 0.2) is 0 Å². The number of nitrogens with zero attached hydrogens (tertiary/aromatic N) is 3. The summed E-state index contributed by atoms with van der Waals surface area (Å²) in [6, 6.07) is 7.04. The molecule has 3 aromatic rings. The lowest BCUT2D eigenvalue weighted by Crippen LogP contribution is -2.31. The first-order valence-electron chi connectivity index (χ1n) is 7.78. The van der Waals surface area contributed by atoms with Gasteiger partial charge in [0.2, 0.25) is 15.9 Å². The maximum atomic E-state index is 13.0. The monoisotopic (exact) mass is 379 g/mol. The van der Waals surface area contributed by atoms with Gasteiger partial charge in [0.1, 0.15) is 16.4 Å². The molecule has 0 aliphatic rings. The van der Waals surface area contributed by atoms with Crippen LogP contribution in [-0.4, -0.2) is 55.7 Å². The van der Waals surface area contributed by atoms with Crippen molar-refractivity contribution in [3.8, 4) is 23.0 Å². The number of hydrogen-bond donors (Lipinski definition) is 2. The molecule has 0 radical (unpaired) electrons. The number of aromatic amines is 1. The van der Waals surface area contributed by atoms with E-state index in [0.717, 1.165) is 0 Å². The van der Waals surface area contributed by atoms with E-state index in [0.29, 0.717) is 24.3 Å². The quantitative estimate of drug-likeness (QED) is 0.648. The molecule has 1 aromatic carbocycles. The zero-order valence-corrected chi connectivity index (χ0v) is 15.0. The van der Waals surface area contributed by atoms with E-state index in [9.17, 15) is 12.8 Å². The second-order valence-corrected chi connectivity index (χ2v) is 7.64. The van der Waals surface area contributed by atoms with E-state index >= 15 is 0 Å². The third-order valence-corrected chi connectivity index (χ3v) is 5.00. The minimum absolute atomic E-state index is 0.0767. The molecule has 0 saturated carbocycles. The standard InChI is InChI=1S/C16H18FN5O3S/c1-22(2)8-7-19-26(23,24)13-9-14(18-10-13)16-21-20-15(25-16)11-3-5-12(17)6-4-11/h3-6,9-10,18-19H,7-8H2,1-2H3. The number of nitrogens with one attached hydrogen (secondary N) is 2. The maximum Gasteiger partial charge on any atom is 0.264 e. The molecule has 2 N–H and O–H groups in total. The molecule has 0 fully saturated rings. The van der Waals surface area contributed by atoms with Crippen LogP contribution < -0.4 is 4.72 Å². The highest BCUT2D eigenvalue weighted by Gasteiger charge is 2.19. The van der Waals surface area contributed by atoms with Crippen LogP contribution in [0.15, 0.2) is 45.8 Å². The van der Waals surface area contributed by atoms with Crippen LogP contribution in [0.4, 0.5) is 4.39 Å². The Morgan fingerprint density at radius 3 is 2.58 bits per heavy atom. The minimum Gasteiger partial charge on any atom is -0.415 e. The Kier molecular flexibility index (Phi) is 5.16. The Morgan fingerprint density at radius 2 is 1.88 bits per heavy atom. The normalized spacial score (nSPS) is 12.0. The number of sulfonamides is 1. The van der Waals surface area contributed by atoms with Gasteiger partial charge in [-0.2, -0.15) is 0 Å². The molecule has 0 unspecified atom stereocenters. The van der Waals surface area contributed by atoms with Gasteiger partial charge in [0.25, 0.3) is 5.89 Å². The van der Waals surface area contributed by atoms with Crippen LogP contribution >= 0.6 is 0 Å². The molecule has 10 heteroatoms. The van der Waals surface area contributed by atoms with Gasteiger partial charge in [-0.1, -0.05) is 0 Å². The van der Waals surface area contributed by atoms with Crippen molar-refractivity contribution in [3.05, 3.63) is 42.3 Å². The van der Waals surface area contributed by atoms with Crippen molar-refractivity contribution >= 4 is 10.0 Å². The predicted molar refractivity (Wildman–Crippen MR) is 93.2 cm³/mol. The number of halogens is 1. The zero-order chi connectivity index (χ0) is 18.7. The molecular weight excluding hydrogens is 361 g/mol. The summed E-state index contributed by atoms with van der Waals surface area (Å²) in [4.78, 5) is 4.77. The highest BCUT2D eigenvalue weighted by molar-refractivity contribution is 7.89. The summed E-state index contributed by atoms with van der Waals surface area (Å²) in [7, 11) is 0.0836. The van der Waals surface area contributed by atoms with Crippen molar-refractivity contribution in [1.29, 1.82) is 0 Å². The zero-order valence-electron chi connectivity index (χ0n) is 14.2. The highest BCUT2D eigenvalue weighted by atomic mass is 32.2. The Labute approximate surface area is 150 Å². The molecule has 3 rings (SSSR count). The summed E-state index contributed by atoms with van der Waals surface area (Å²) < 4.78 is 45.6. The Morgan fingerprint density at radius 1 is 1.19 bits per heavy atom. The second-order valence-electron chi connectivity index (χ2n) is 5.87. The molecule has 0 spiro atoms. The first-order chi connectivity index (χ1) is 12.3. The van der Waals surface area contributed by atoms with E-state index < -0.39 is 10.0 Å². The lowest BCUT2D eigenvalue weighted by Gasteiger charge is -2.09. The van der Waals surface area contributed by atoms with Crippen molar-refractivity contribution in [3.63, 3.8) is 0 Å². The molecule has 0 aliphatic heterocycles. The maximum absolute atomic E-state index is 13.0. The van der Waals surface area contributed by atoms with Crippen molar-refractivity contribution in [2.24, 2.45) is 0 Å². The van der Waals surface area contributed by atoms with Crippen molar-refractivity contribution in [2.75, 3.05) is 27.2 Å². The molecule has 2 heterocycles. The number of benzene rings is 1. The van der Waals surface area contributed by atoms with Gasteiger partial charge in [-0.05, 0) is 44.4 Å². The summed E-state index contributed by atoms with van der Waals surface area (Å²) in [5.41, 5.74) is 0.939. The van der Waals surface area contributed by atoms with Crippen LogP contribution in [0, 0.1) is 5.82 Å². The van der Waals surface area contributed by atoms with E-state index in [1.165, 1.54) is 36.5 Å². The van der Waals surface area contributed by atoms with E-state index in [2.05, 4.69) is 19.9 Å². The van der Waals surface area contributed by atoms with Gasteiger partial charge in [-0.25, -0.2) is 17.5 Å². The first kappa shape index (κ1) is 18.2. The van der Waals surface area contributed by atoms with Gasteiger partial charge in [-0.3, -0.25) is 0 Å². The molecular formula is C16H18FN5O3S. The van der Waals surface area contributed by atoms with E-state index in [4.69, 9.17) is 4.42 Å². The summed E-state index contributed by atoms with van der Waals surface area (Å²) in [5, 5.41) is 7.81. The molecule has 0 aliphatic carbocycles. The highest BCUT2D eigenvalue weighted by Crippen LogP contribution is 2.24. The average Bonchev–Trinajstić information content (AvgIpc) is 3.24. The van der Waals surface area contributed by atoms with Crippen molar-refractivity contribution in [1.82, 2.24) is 24.8 Å². The first-order valence-corrected chi connectivity index (χ1v) is 9.26. The molecule has 0 bridgehead atoms. The molecule has 138 valence electrons. The topological polar surface area (TPSA) is 104 Å². The smallest absolute Gasteiger partial charge is 0.264 e. The van der Waals surface area contributed by atoms with Gasteiger partial charge in [-0.15, -0.1) is 10.2 Å². The van der Waals surface area contributed by atoms with Gasteiger partial charge < -0.3 is 14.3 Å². The lowest BCUT2D eigenvalue weighted by atomic mass is 10.2. The van der Waals surface area contributed by atoms with E-state index in [1.807, 2.05) is 19.0 Å². The predicted octanol–water partition coefficient (Wildman–Crippen LogP) is 1.71. The van der Waals surface area contributed by atoms with Crippen molar-refractivity contribution < 1.29 is 17.2 Å². The van der Waals surface area contributed by atoms with Gasteiger partial charge >= 0.3 is 0 Å². The average molecular weight is 379 g/mol. The summed E-state index contributed by atoms with van der Waals surface area (Å²) in [6.45, 7) is 0.881. The van der Waals surface area contributed by atoms with E-state index in [-0.39, 0.29) is 22.5 Å². The molecule has 8 nitrogen and oxygen atoms in total. The minimum atomic E-state index is -3.63. The van der Waals surface area contributed by atoms with Crippen LogP contribution in [-0.2, 0) is 10.0 Å². The summed E-state index contributed by atoms with van der Waals surface area (Å²) >= 11 is 0. The fourth-order valence-corrected chi connectivity index (χ4v) is 3.20. The Bertz CT molecular complexity index is 979. The fraction of sp³-hybridized carbons (Fsp3) is 0.250. The second kappa shape index (κ2) is 7.36. The van der Waals surface area contributed by atoms with Crippen LogP contribution in [0.3, 0.4) is 0 Å². The molecule has 0 amide bonds. The van der Waals surface area contributed by atoms with E-state index in [1.54, 1.807) is 0 Å². The Hall–Kier alpha value is -2.56. The number of likely N-dealkylation sites (N-methyl/N-ethyl adjacent to an activating group) is 1. The number of aromatic nitrogens is 3. The molecule has 0 saturated heterocycles. The number of H-pyrrole nitrogens is 1. The van der Waals surface area contributed by atoms with Crippen molar-refractivity contribution in [2.45, 2.75) is 4.90 Å².